The summed E-state index contributed by atoms with van der Waals surface area (Å²) in [5, 5.41) is 43.8. The highest BCUT2D eigenvalue weighted by atomic mass is 16.7. The Morgan fingerprint density at radius 1 is 0.560 bits per heavy atom. The van der Waals surface area contributed by atoms with E-state index in [0.717, 1.165) is 48.5 Å². The van der Waals surface area contributed by atoms with Crippen LogP contribution in [0.5, 0.6) is 0 Å². The summed E-state index contributed by atoms with van der Waals surface area (Å²) in [5.74, 6) is -7.82. The smallest absolute Gasteiger partial charge is 0.407 e. The Hall–Kier alpha value is -6.35. The van der Waals surface area contributed by atoms with Gasteiger partial charge in [0.15, 0.2) is 37.0 Å². The number of hydrogen-bond donors (Lipinski definition) is 9. The van der Waals surface area contributed by atoms with Crippen LogP contribution in [0.25, 0.3) is 0 Å². The van der Waals surface area contributed by atoms with Gasteiger partial charge in [-0.25, -0.2) is 4.79 Å². The Bertz CT molecular complexity index is 1940. The standard InChI is InChI=1S/C44H70N6O25/c1-21(52)48-35-39(72-27(7)58)37(70-25(5)56)31(17-65-23(3)54)74-42(35)67-19-33(61)45-12-10-9-11-30(41(63)46-13-14-47-44(64)69-16-29(60)15-51)50-34(62)20-68-43-36(49-22(2)53)40(73-28(8)59)38(71-26(6)57)32(75-43)18-66-24(4)55/h22,29-32,35-40,42-43,49,51,53,60H,9-20H2,1-8H3,(H,45,61)(H,46,63)(H,47,64)(H,48,52)(H,50,62)/t22?,29-,30+,31-,32-,35-,36-,37+,38+,39-,40-,42-,43-/m1/s1. The lowest BCUT2D eigenvalue weighted by Crippen LogP contribution is -2.67. The molecular weight excluding hydrogens is 1010 g/mol. The second-order valence-corrected chi connectivity index (χ2v) is 16.8. The van der Waals surface area contributed by atoms with Crippen molar-refractivity contribution in [3.8, 4) is 0 Å². The second-order valence-electron chi connectivity index (χ2n) is 16.8. The molecule has 0 aromatic rings. The van der Waals surface area contributed by atoms with Gasteiger partial charge in [0.25, 0.3) is 0 Å². The molecule has 9 N–H and O–H groups in total. The maximum absolute atomic E-state index is 13.5. The Morgan fingerprint density at radius 3 is 1.52 bits per heavy atom. The van der Waals surface area contributed by atoms with Crippen molar-refractivity contribution >= 4 is 65.5 Å². The number of aliphatic hydroxyl groups excluding tert-OH is 3. The average Bonchev–Trinajstić information content (AvgIpc) is 3.31. The van der Waals surface area contributed by atoms with Gasteiger partial charge in [0.2, 0.25) is 23.6 Å². The van der Waals surface area contributed by atoms with E-state index < -0.39 is 185 Å². The summed E-state index contributed by atoms with van der Waals surface area (Å²) in [6, 6.07) is -3.95. The van der Waals surface area contributed by atoms with Crippen molar-refractivity contribution in [2.75, 3.05) is 59.3 Å². The molecule has 2 saturated heterocycles. The third-order valence-corrected chi connectivity index (χ3v) is 10.2. The third kappa shape index (κ3) is 25.2. The molecule has 0 saturated carbocycles. The van der Waals surface area contributed by atoms with E-state index in [1.54, 1.807) is 0 Å². The number of alkyl carbamates (subject to hydrolysis) is 1. The summed E-state index contributed by atoms with van der Waals surface area (Å²) < 4.78 is 59.9. The molecule has 0 aliphatic carbocycles. The number of nitrogens with one attached hydrogen (secondary N) is 6. The molecule has 31 heteroatoms. The largest absolute Gasteiger partial charge is 0.463 e. The molecule has 2 rings (SSSR count). The number of ether oxygens (including phenoxy) is 11. The van der Waals surface area contributed by atoms with E-state index in [4.69, 9.17) is 57.2 Å². The van der Waals surface area contributed by atoms with Gasteiger partial charge in [-0.05, 0) is 26.2 Å². The fourth-order valence-corrected chi connectivity index (χ4v) is 7.26. The van der Waals surface area contributed by atoms with Crippen molar-refractivity contribution in [2.45, 2.75) is 154 Å². The van der Waals surface area contributed by atoms with Gasteiger partial charge < -0.3 is 94.0 Å². The first kappa shape index (κ1) is 64.8. The van der Waals surface area contributed by atoms with Crippen molar-refractivity contribution < 1.29 is 120 Å². The van der Waals surface area contributed by atoms with Gasteiger partial charge in [0, 0.05) is 68.1 Å². The fraction of sp³-hybridized carbons (Fsp3) is 0.750. The van der Waals surface area contributed by atoms with E-state index in [0.29, 0.717) is 0 Å². The maximum Gasteiger partial charge on any atom is 0.407 e. The van der Waals surface area contributed by atoms with Crippen molar-refractivity contribution in [3.63, 3.8) is 0 Å². The molecule has 2 aliphatic heterocycles. The number of aliphatic hydroxyl groups is 3. The molecule has 2 heterocycles. The molecule has 1 unspecified atom stereocenters. The van der Waals surface area contributed by atoms with Crippen LogP contribution in [0.1, 0.15) is 74.7 Å². The van der Waals surface area contributed by atoms with Crippen LogP contribution in [0, 0.1) is 0 Å². The van der Waals surface area contributed by atoms with Crippen LogP contribution in [0.4, 0.5) is 4.79 Å². The minimum Gasteiger partial charge on any atom is -0.463 e. The number of carbonyl (C=O) groups is 11. The van der Waals surface area contributed by atoms with E-state index in [1.807, 2.05) is 0 Å². The number of hydrogen-bond acceptors (Lipinski definition) is 26. The van der Waals surface area contributed by atoms with Gasteiger partial charge in [-0.3, -0.25) is 53.3 Å². The molecule has 5 amide bonds. The van der Waals surface area contributed by atoms with Gasteiger partial charge in [-0.1, -0.05) is 0 Å². The van der Waals surface area contributed by atoms with Gasteiger partial charge in [0.05, 0.1) is 6.61 Å². The van der Waals surface area contributed by atoms with Crippen LogP contribution in [-0.2, 0) is 100 Å². The Kier molecular flexibility index (Phi) is 29.0. The molecule has 0 bridgehead atoms. The lowest BCUT2D eigenvalue weighted by Gasteiger charge is -2.45. The van der Waals surface area contributed by atoms with Crippen LogP contribution in [-0.4, -0.2) is 220 Å². The molecule has 0 spiro atoms. The molecule has 2 aliphatic rings. The first-order valence-electron chi connectivity index (χ1n) is 23.6. The normalized spacial score (nSPS) is 24.3. The summed E-state index contributed by atoms with van der Waals surface area (Å²) in [6.45, 7) is 4.77. The lowest BCUT2D eigenvalue weighted by molar-refractivity contribution is -0.279. The predicted molar refractivity (Wildman–Crippen MR) is 245 cm³/mol. The molecule has 0 aromatic heterocycles. The molecule has 0 aromatic carbocycles. The van der Waals surface area contributed by atoms with Crippen LogP contribution >= 0.6 is 0 Å². The van der Waals surface area contributed by atoms with E-state index in [-0.39, 0.29) is 38.9 Å². The van der Waals surface area contributed by atoms with Crippen LogP contribution < -0.4 is 31.9 Å². The summed E-state index contributed by atoms with van der Waals surface area (Å²) in [5.41, 5.74) is 0. The number of unbranched alkanes of at least 4 members (excludes halogenated alkanes) is 1. The van der Waals surface area contributed by atoms with Crippen molar-refractivity contribution in [1.29, 1.82) is 0 Å². The van der Waals surface area contributed by atoms with Crippen molar-refractivity contribution in [1.82, 2.24) is 31.9 Å². The Morgan fingerprint density at radius 2 is 1.04 bits per heavy atom. The van der Waals surface area contributed by atoms with E-state index in [2.05, 4.69) is 31.9 Å². The molecule has 13 atom stereocenters. The molecule has 31 nitrogen and oxygen atoms in total. The molecular formula is C44H70N6O25. The van der Waals surface area contributed by atoms with Gasteiger partial charge in [-0.15, -0.1) is 0 Å². The summed E-state index contributed by atoms with van der Waals surface area (Å²) in [4.78, 5) is 136. The molecule has 426 valence electrons. The van der Waals surface area contributed by atoms with E-state index in [1.165, 1.54) is 6.92 Å². The van der Waals surface area contributed by atoms with E-state index in [9.17, 15) is 63.0 Å². The van der Waals surface area contributed by atoms with Crippen molar-refractivity contribution in [2.24, 2.45) is 0 Å². The maximum atomic E-state index is 13.5. The molecule has 2 fully saturated rings. The summed E-state index contributed by atoms with van der Waals surface area (Å²) >= 11 is 0. The topological polar surface area (TPSA) is 422 Å². The number of amides is 5. The van der Waals surface area contributed by atoms with Crippen LogP contribution in [0.3, 0.4) is 0 Å². The third-order valence-electron chi connectivity index (χ3n) is 10.2. The van der Waals surface area contributed by atoms with Crippen molar-refractivity contribution in [3.05, 3.63) is 0 Å². The van der Waals surface area contributed by atoms with Gasteiger partial charge in [-0.2, -0.15) is 0 Å². The first-order chi connectivity index (χ1) is 35.3. The summed E-state index contributed by atoms with van der Waals surface area (Å²) in [7, 11) is 0. The minimum absolute atomic E-state index is 0.0199. The Labute approximate surface area is 430 Å². The number of carbonyl (C=O) groups excluding carboxylic acids is 11. The zero-order chi connectivity index (χ0) is 56.4. The van der Waals surface area contributed by atoms with Gasteiger partial charge in [0.1, 0.15) is 75.7 Å². The zero-order valence-corrected chi connectivity index (χ0v) is 42.8. The first-order valence-corrected chi connectivity index (χ1v) is 23.6. The minimum atomic E-state index is -1.57. The highest BCUT2D eigenvalue weighted by Crippen LogP contribution is 2.30. The number of rotatable bonds is 30. The fourth-order valence-electron chi connectivity index (χ4n) is 7.26. The Balaban J connectivity index is 2.22. The molecule has 0 radical (unpaired) electrons. The van der Waals surface area contributed by atoms with Crippen LogP contribution in [0.2, 0.25) is 0 Å². The average molecular weight is 1080 g/mol. The zero-order valence-electron chi connectivity index (χ0n) is 42.8. The van der Waals surface area contributed by atoms with Crippen LogP contribution in [0.15, 0.2) is 0 Å². The quantitative estimate of drug-likeness (QED) is 0.0141. The monoisotopic (exact) mass is 1080 g/mol. The molecule has 75 heavy (non-hydrogen) atoms. The predicted octanol–water partition coefficient (Wildman–Crippen LogP) is -4.91. The van der Waals surface area contributed by atoms with E-state index >= 15 is 0 Å². The second kappa shape index (κ2) is 33.5. The van der Waals surface area contributed by atoms with Gasteiger partial charge >= 0.3 is 41.9 Å². The highest BCUT2D eigenvalue weighted by Gasteiger charge is 2.53. The number of esters is 6. The summed E-state index contributed by atoms with van der Waals surface area (Å²) in [6.07, 6.45) is -14.7. The highest BCUT2D eigenvalue weighted by molar-refractivity contribution is 5.88. The lowest BCUT2D eigenvalue weighted by atomic mass is 9.96. The SMILES string of the molecule is CC(=O)N[C@H]1[C@H](OCC(=O)NCCCC[C@H](NC(=O)CO[C@@H]2O[C@H](COC(C)=O)[C@H](OC(C)=O)[C@H](OC(C)=O)[C@H]2NC(C)O)C(=O)NCCNC(=O)OC[C@H](O)CO)O[C@H](COC(C)=O)[C@H](OC(C)=O)[C@@H]1OC(C)=O.